The van der Waals surface area contributed by atoms with Gasteiger partial charge in [0, 0.05) is 58.8 Å². The van der Waals surface area contributed by atoms with Gasteiger partial charge in [-0.1, -0.05) is 17.7 Å². The molecule has 0 unspecified atom stereocenters. The summed E-state index contributed by atoms with van der Waals surface area (Å²) in [7, 11) is 2.17. The number of thiophene rings is 1. The summed E-state index contributed by atoms with van der Waals surface area (Å²) in [6.07, 6.45) is 0.998. The first-order valence-electron chi connectivity index (χ1n) is 9.34. The van der Waals surface area contributed by atoms with Gasteiger partial charge in [-0.05, 0) is 43.8 Å². The predicted octanol–water partition coefficient (Wildman–Crippen LogP) is 4.04. The van der Waals surface area contributed by atoms with Gasteiger partial charge < -0.3 is 15.1 Å². The number of hydrogen-bond donors (Lipinski definition) is 1. The maximum Gasteiger partial charge on any atom is 0.261 e. The molecule has 2 aliphatic rings. The summed E-state index contributed by atoms with van der Waals surface area (Å²) >= 11 is 9.50. The van der Waals surface area contributed by atoms with E-state index in [0.717, 1.165) is 61.3 Å². The summed E-state index contributed by atoms with van der Waals surface area (Å²) in [4.78, 5) is 20.6. The highest BCUT2D eigenvalue weighted by Crippen LogP contribution is 2.46. The molecule has 1 fully saturated rings. The van der Waals surface area contributed by atoms with Gasteiger partial charge in [0.1, 0.15) is 0 Å². The maximum absolute atomic E-state index is 12.6. The number of halogens is 1. The highest BCUT2D eigenvalue weighted by molar-refractivity contribution is 7.98. The van der Waals surface area contributed by atoms with Crippen molar-refractivity contribution in [3.63, 3.8) is 0 Å². The SMILES string of the molecule is CN1CCN(CCCNC(=O)c2cc3c(s2)-c2ccc(Cl)cc2SC3)CC1. The minimum absolute atomic E-state index is 0.0493. The number of fused-ring (bicyclic) bond motifs is 3. The normalized spacial score (nSPS) is 17.4. The molecular weight excluding hydrogens is 398 g/mol. The molecule has 4 rings (SSSR count). The highest BCUT2D eigenvalue weighted by atomic mass is 35.5. The van der Waals surface area contributed by atoms with E-state index in [1.807, 2.05) is 12.1 Å². The van der Waals surface area contributed by atoms with Crippen LogP contribution in [-0.2, 0) is 5.75 Å². The molecule has 1 aromatic heterocycles. The molecule has 0 atom stereocenters. The second kappa shape index (κ2) is 8.53. The van der Waals surface area contributed by atoms with Crippen molar-refractivity contribution in [2.75, 3.05) is 46.3 Å². The van der Waals surface area contributed by atoms with Crippen molar-refractivity contribution in [3.05, 3.63) is 39.7 Å². The number of rotatable bonds is 5. The first kappa shape index (κ1) is 19.3. The lowest BCUT2D eigenvalue weighted by molar-refractivity contribution is 0.0953. The van der Waals surface area contributed by atoms with Gasteiger partial charge >= 0.3 is 0 Å². The van der Waals surface area contributed by atoms with Crippen molar-refractivity contribution in [3.8, 4) is 10.4 Å². The molecular formula is C20H24ClN3OS2. The number of carbonyl (C=O) groups is 1. The lowest BCUT2D eigenvalue weighted by Crippen LogP contribution is -2.45. The molecule has 144 valence electrons. The lowest BCUT2D eigenvalue weighted by atomic mass is 10.1. The Morgan fingerprint density at radius 1 is 1.22 bits per heavy atom. The average molecular weight is 422 g/mol. The average Bonchev–Trinajstić information content (AvgIpc) is 3.11. The van der Waals surface area contributed by atoms with Gasteiger partial charge in [0.15, 0.2) is 0 Å². The molecule has 1 saturated heterocycles. The van der Waals surface area contributed by atoms with Crippen LogP contribution in [-0.4, -0.2) is 62.0 Å². The predicted molar refractivity (Wildman–Crippen MR) is 115 cm³/mol. The van der Waals surface area contributed by atoms with Crippen LogP contribution in [0.4, 0.5) is 0 Å². The van der Waals surface area contributed by atoms with Crippen LogP contribution in [0.2, 0.25) is 5.02 Å². The van der Waals surface area contributed by atoms with E-state index in [0.29, 0.717) is 0 Å². The van der Waals surface area contributed by atoms with Gasteiger partial charge in [-0.2, -0.15) is 0 Å². The standard InChI is InChI=1S/C20H24ClN3OS2/c1-23-7-9-24(10-8-23)6-2-5-22-20(25)18-11-14-13-26-17-12-15(21)3-4-16(17)19(14)27-18/h3-4,11-12H,2,5-10,13H2,1H3,(H,22,25). The number of hydrogen-bond acceptors (Lipinski definition) is 5. The number of likely N-dealkylation sites (N-methyl/N-ethyl adjacent to an activating group) is 1. The fourth-order valence-electron chi connectivity index (χ4n) is 3.50. The van der Waals surface area contributed by atoms with Crippen molar-refractivity contribution in [1.29, 1.82) is 0 Å². The summed E-state index contributed by atoms with van der Waals surface area (Å²) in [6.45, 7) is 6.32. The molecule has 3 heterocycles. The molecule has 7 heteroatoms. The van der Waals surface area contributed by atoms with Crippen LogP contribution in [0.1, 0.15) is 21.7 Å². The second-order valence-corrected chi connectivity index (χ2v) is 9.65. The Morgan fingerprint density at radius 3 is 2.85 bits per heavy atom. The zero-order valence-electron chi connectivity index (χ0n) is 15.5. The zero-order chi connectivity index (χ0) is 18.8. The minimum Gasteiger partial charge on any atom is -0.351 e. The fraction of sp³-hybridized carbons (Fsp3) is 0.450. The molecule has 1 aromatic carbocycles. The Kier molecular flexibility index (Phi) is 6.09. The van der Waals surface area contributed by atoms with Crippen molar-refractivity contribution in [2.45, 2.75) is 17.1 Å². The zero-order valence-corrected chi connectivity index (χ0v) is 17.9. The third kappa shape index (κ3) is 4.51. The van der Waals surface area contributed by atoms with Crippen LogP contribution < -0.4 is 5.32 Å². The van der Waals surface area contributed by atoms with E-state index < -0.39 is 0 Å². The number of piperazine rings is 1. The van der Waals surface area contributed by atoms with E-state index in [-0.39, 0.29) is 5.91 Å². The van der Waals surface area contributed by atoms with Crippen LogP contribution in [0, 0.1) is 0 Å². The van der Waals surface area contributed by atoms with E-state index in [4.69, 9.17) is 11.6 Å². The van der Waals surface area contributed by atoms with Crippen LogP contribution in [0.15, 0.2) is 29.2 Å². The monoisotopic (exact) mass is 421 g/mol. The van der Waals surface area contributed by atoms with E-state index in [9.17, 15) is 4.79 Å². The first-order chi connectivity index (χ1) is 13.1. The minimum atomic E-state index is 0.0493. The van der Waals surface area contributed by atoms with Crippen molar-refractivity contribution >= 4 is 40.6 Å². The van der Waals surface area contributed by atoms with Gasteiger partial charge in [0.25, 0.3) is 5.91 Å². The maximum atomic E-state index is 12.6. The van der Waals surface area contributed by atoms with Gasteiger partial charge in [-0.25, -0.2) is 0 Å². The number of nitrogens with zero attached hydrogens (tertiary/aromatic N) is 2. The Morgan fingerprint density at radius 2 is 2.04 bits per heavy atom. The summed E-state index contributed by atoms with van der Waals surface area (Å²) in [6, 6.07) is 8.06. The van der Waals surface area contributed by atoms with E-state index >= 15 is 0 Å². The highest BCUT2D eigenvalue weighted by Gasteiger charge is 2.22. The van der Waals surface area contributed by atoms with Crippen LogP contribution in [0.25, 0.3) is 10.4 Å². The van der Waals surface area contributed by atoms with Crippen LogP contribution >= 0.6 is 34.7 Å². The number of benzene rings is 1. The first-order valence-corrected chi connectivity index (χ1v) is 11.5. The molecule has 4 nitrogen and oxygen atoms in total. The Labute approximate surface area is 173 Å². The van der Waals surface area contributed by atoms with E-state index in [1.54, 1.807) is 23.1 Å². The van der Waals surface area contributed by atoms with Crippen LogP contribution in [0.5, 0.6) is 0 Å². The van der Waals surface area contributed by atoms with Gasteiger partial charge in [0.05, 0.1) is 4.88 Å². The number of nitrogens with one attached hydrogen (secondary N) is 1. The molecule has 0 spiro atoms. The summed E-state index contributed by atoms with van der Waals surface area (Å²) in [5.41, 5.74) is 2.45. The number of thioether (sulfide) groups is 1. The summed E-state index contributed by atoms with van der Waals surface area (Å²) < 4.78 is 0. The number of carbonyl (C=O) groups excluding carboxylic acids is 1. The van der Waals surface area contributed by atoms with Crippen LogP contribution in [0.3, 0.4) is 0 Å². The third-order valence-corrected chi connectivity index (χ3v) is 7.69. The molecule has 0 radical (unpaired) electrons. The molecule has 0 aliphatic carbocycles. The summed E-state index contributed by atoms with van der Waals surface area (Å²) in [5.74, 6) is 0.948. The summed E-state index contributed by atoms with van der Waals surface area (Å²) in [5, 5.41) is 3.86. The van der Waals surface area contributed by atoms with E-state index in [2.05, 4.69) is 34.3 Å². The van der Waals surface area contributed by atoms with Gasteiger partial charge in [-0.3, -0.25) is 4.79 Å². The van der Waals surface area contributed by atoms with Gasteiger partial charge in [-0.15, -0.1) is 23.1 Å². The molecule has 0 saturated carbocycles. The third-order valence-electron chi connectivity index (χ3n) is 5.14. The van der Waals surface area contributed by atoms with Crippen molar-refractivity contribution in [1.82, 2.24) is 15.1 Å². The largest absolute Gasteiger partial charge is 0.351 e. The Bertz CT molecular complexity index is 831. The smallest absolute Gasteiger partial charge is 0.261 e. The molecule has 0 bridgehead atoms. The van der Waals surface area contributed by atoms with Gasteiger partial charge in [0.2, 0.25) is 0 Å². The Balaban J connectivity index is 1.32. The topological polar surface area (TPSA) is 35.6 Å². The van der Waals surface area contributed by atoms with Crippen molar-refractivity contribution < 1.29 is 4.79 Å². The molecule has 27 heavy (non-hydrogen) atoms. The number of amides is 1. The van der Waals surface area contributed by atoms with E-state index in [1.165, 1.54) is 20.9 Å². The fourth-order valence-corrected chi connectivity index (χ4v) is 6.10. The molecule has 2 aliphatic heterocycles. The molecule has 1 N–H and O–H groups in total. The second-order valence-electron chi connectivity index (χ2n) is 7.15. The molecule has 1 amide bonds. The lowest BCUT2D eigenvalue weighted by Gasteiger charge is -2.32. The molecule has 2 aromatic rings. The van der Waals surface area contributed by atoms with Crippen molar-refractivity contribution in [2.24, 2.45) is 0 Å². The Hall–Kier alpha value is -1.05. The quantitative estimate of drug-likeness (QED) is 0.739.